The third kappa shape index (κ3) is 7.82. The Morgan fingerprint density at radius 2 is 1.73 bits per heavy atom. The van der Waals surface area contributed by atoms with Crippen molar-refractivity contribution in [3.05, 3.63) is 114 Å². The summed E-state index contributed by atoms with van der Waals surface area (Å²) < 4.78 is 46.6. The first-order valence-electron chi connectivity index (χ1n) is 12.8. The molecule has 2 atom stereocenters. The maximum atomic E-state index is 13.9. The fraction of sp³-hybridized carbons (Fsp3) is 0.194. The van der Waals surface area contributed by atoms with Crippen molar-refractivity contribution in [2.45, 2.75) is 24.8 Å². The van der Waals surface area contributed by atoms with Crippen LogP contribution in [-0.4, -0.2) is 44.4 Å². The Morgan fingerprint density at radius 1 is 1.05 bits per heavy atom. The summed E-state index contributed by atoms with van der Waals surface area (Å²) in [5.41, 5.74) is 3.64. The van der Waals surface area contributed by atoms with Crippen LogP contribution in [0, 0.1) is 11.6 Å². The molecule has 0 aliphatic carbocycles. The summed E-state index contributed by atoms with van der Waals surface area (Å²) in [6, 6.07) is 17.1. The number of hydrogen-bond donors (Lipinski definition) is 1. The van der Waals surface area contributed by atoms with Gasteiger partial charge in [0.05, 0.1) is 13.4 Å². The molecule has 1 heterocycles. The molecule has 1 N–H and O–H groups in total. The maximum Gasteiger partial charge on any atom is 0.305 e. The van der Waals surface area contributed by atoms with Crippen molar-refractivity contribution in [2.75, 3.05) is 13.4 Å². The number of hydrogen-bond acceptors (Lipinski definition) is 5. The van der Waals surface area contributed by atoms with Gasteiger partial charge in [0, 0.05) is 53.5 Å². The van der Waals surface area contributed by atoms with E-state index in [1.54, 1.807) is 55.1 Å². The minimum atomic E-state index is -1.47. The summed E-state index contributed by atoms with van der Waals surface area (Å²) in [6.45, 7) is 0.412. The number of methoxy groups -OCH3 is 1. The standard InChI is InChI=1S/C31H29F2N3O4S/c1-40-29(37)15-14-28(41(2)39)35-31(38)27-5-3-4-23(30(27)22-8-12-26(33)13-9-22)18-24(19-36-17-16-34-20-36)21-6-10-25(32)11-7-21/h3-13,16-18,20,28H,14-15,19H2,1-2H3,(H,35,38)/b24-18-/t28-,41?/m0/s1. The van der Waals surface area contributed by atoms with Gasteiger partial charge >= 0.3 is 5.97 Å². The van der Waals surface area contributed by atoms with Crippen molar-refractivity contribution in [3.8, 4) is 11.1 Å². The van der Waals surface area contributed by atoms with Gasteiger partial charge in [-0.25, -0.2) is 13.8 Å². The van der Waals surface area contributed by atoms with E-state index in [0.717, 1.165) is 11.1 Å². The van der Waals surface area contributed by atoms with Crippen molar-refractivity contribution in [1.29, 1.82) is 0 Å². The van der Waals surface area contributed by atoms with Crippen LogP contribution in [0.2, 0.25) is 0 Å². The lowest BCUT2D eigenvalue weighted by Gasteiger charge is -2.19. The van der Waals surface area contributed by atoms with Gasteiger partial charge in [-0.15, -0.1) is 0 Å². The number of ether oxygens (including phenoxy) is 1. The topological polar surface area (TPSA) is 90.3 Å². The number of rotatable bonds is 11. The largest absolute Gasteiger partial charge is 0.469 e. The van der Waals surface area contributed by atoms with Crippen molar-refractivity contribution >= 4 is 34.3 Å². The summed E-state index contributed by atoms with van der Waals surface area (Å²) in [5, 5.41) is 2.00. The first-order chi connectivity index (χ1) is 19.7. The van der Waals surface area contributed by atoms with E-state index in [9.17, 15) is 22.6 Å². The van der Waals surface area contributed by atoms with Gasteiger partial charge in [0.2, 0.25) is 0 Å². The number of benzene rings is 3. The molecule has 0 bridgehead atoms. The van der Waals surface area contributed by atoms with Gasteiger partial charge in [-0.05, 0) is 65.1 Å². The molecule has 41 heavy (non-hydrogen) atoms. The summed E-state index contributed by atoms with van der Waals surface area (Å²) in [7, 11) is -0.207. The Hall–Kier alpha value is -4.44. The third-order valence-corrected chi connectivity index (χ3v) is 7.62. The first kappa shape index (κ1) is 29.5. The highest BCUT2D eigenvalue weighted by atomic mass is 32.2. The number of nitrogens with zero attached hydrogens (tertiary/aromatic N) is 2. The average Bonchev–Trinajstić information content (AvgIpc) is 3.48. The van der Waals surface area contributed by atoms with E-state index in [-0.39, 0.29) is 24.2 Å². The van der Waals surface area contributed by atoms with Crippen LogP contribution in [0.15, 0.2) is 85.5 Å². The Bertz CT molecular complexity index is 1550. The Labute approximate surface area is 239 Å². The van der Waals surface area contributed by atoms with Crippen molar-refractivity contribution in [2.24, 2.45) is 0 Å². The second-order valence-corrected chi connectivity index (χ2v) is 10.8. The minimum absolute atomic E-state index is 0.0100. The molecular formula is C31H29F2N3O4S. The van der Waals surface area contributed by atoms with Gasteiger partial charge in [0.15, 0.2) is 0 Å². The van der Waals surface area contributed by atoms with Gasteiger partial charge in [0.1, 0.15) is 17.0 Å². The molecule has 0 radical (unpaired) electrons. The van der Waals surface area contributed by atoms with Crippen molar-refractivity contribution in [3.63, 3.8) is 0 Å². The molecule has 1 unspecified atom stereocenters. The van der Waals surface area contributed by atoms with Crippen LogP contribution in [0.5, 0.6) is 0 Å². The lowest BCUT2D eigenvalue weighted by molar-refractivity contribution is -0.140. The van der Waals surface area contributed by atoms with Gasteiger partial charge < -0.3 is 14.6 Å². The molecule has 3 aromatic carbocycles. The quantitative estimate of drug-likeness (QED) is 0.189. The van der Waals surface area contributed by atoms with Crippen LogP contribution in [0.3, 0.4) is 0 Å². The fourth-order valence-electron chi connectivity index (χ4n) is 4.36. The van der Waals surface area contributed by atoms with E-state index in [1.165, 1.54) is 37.6 Å². The van der Waals surface area contributed by atoms with Gasteiger partial charge in [-0.3, -0.25) is 13.8 Å². The van der Waals surface area contributed by atoms with Gasteiger partial charge in [0.25, 0.3) is 5.91 Å². The average molecular weight is 578 g/mol. The molecular weight excluding hydrogens is 548 g/mol. The zero-order valence-corrected chi connectivity index (χ0v) is 23.4. The molecule has 0 aliphatic heterocycles. The number of halogens is 2. The predicted molar refractivity (Wildman–Crippen MR) is 155 cm³/mol. The third-order valence-electron chi connectivity index (χ3n) is 6.46. The summed E-state index contributed by atoms with van der Waals surface area (Å²) in [4.78, 5) is 29.4. The molecule has 0 saturated carbocycles. The van der Waals surface area contributed by atoms with E-state index < -0.39 is 33.9 Å². The highest BCUT2D eigenvalue weighted by molar-refractivity contribution is 7.84. The second kappa shape index (κ2) is 13.8. The summed E-state index contributed by atoms with van der Waals surface area (Å²) in [5.74, 6) is -1.76. The first-order valence-corrected chi connectivity index (χ1v) is 14.4. The number of amides is 1. The molecule has 1 aromatic heterocycles. The number of esters is 1. The molecule has 212 valence electrons. The lowest BCUT2D eigenvalue weighted by atomic mass is 9.91. The predicted octanol–water partition coefficient (Wildman–Crippen LogP) is 5.46. The van der Waals surface area contributed by atoms with Gasteiger partial charge in [-0.2, -0.15) is 0 Å². The molecule has 0 fully saturated rings. The number of aromatic nitrogens is 2. The molecule has 0 spiro atoms. The lowest BCUT2D eigenvalue weighted by Crippen LogP contribution is -2.38. The minimum Gasteiger partial charge on any atom is -0.469 e. The molecule has 1 amide bonds. The molecule has 7 nitrogen and oxygen atoms in total. The maximum absolute atomic E-state index is 13.9. The van der Waals surface area contributed by atoms with Crippen LogP contribution >= 0.6 is 0 Å². The SMILES string of the molecule is COC(=O)CC[C@@H](NC(=O)c1cccc(/C=C(/Cn2ccnc2)c2ccc(F)cc2)c1-c1ccc(F)cc1)S(C)=O. The van der Waals surface area contributed by atoms with Crippen LogP contribution in [0.1, 0.15) is 34.3 Å². The van der Waals surface area contributed by atoms with Gasteiger partial charge in [-0.1, -0.05) is 36.4 Å². The Balaban J connectivity index is 1.81. The molecule has 4 aromatic rings. The number of imidazole rings is 1. The summed E-state index contributed by atoms with van der Waals surface area (Å²) >= 11 is 0. The van der Waals surface area contributed by atoms with E-state index in [1.807, 2.05) is 16.7 Å². The fourth-order valence-corrected chi connectivity index (χ4v) is 5.09. The molecule has 10 heteroatoms. The second-order valence-electron chi connectivity index (χ2n) is 9.26. The highest BCUT2D eigenvalue weighted by Gasteiger charge is 2.22. The van der Waals surface area contributed by atoms with Crippen LogP contribution < -0.4 is 5.32 Å². The smallest absolute Gasteiger partial charge is 0.305 e. The zero-order valence-electron chi connectivity index (χ0n) is 22.6. The normalized spacial score (nSPS) is 12.9. The van der Waals surface area contributed by atoms with E-state index >= 15 is 0 Å². The van der Waals surface area contributed by atoms with E-state index in [2.05, 4.69) is 15.0 Å². The highest BCUT2D eigenvalue weighted by Crippen LogP contribution is 2.32. The number of carbonyl (C=O) groups excluding carboxylic acids is 2. The van der Waals surface area contributed by atoms with E-state index in [4.69, 9.17) is 0 Å². The number of nitrogens with one attached hydrogen (secondary N) is 1. The van der Waals surface area contributed by atoms with Crippen LogP contribution in [-0.2, 0) is 26.9 Å². The molecule has 0 saturated heterocycles. The van der Waals surface area contributed by atoms with E-state index in [0.29, 0.717) is 23.2 Å². The monoisotopic (exact) mass is 577 g/mol. The zero-order chi connectivity index (χ0) is 29.4. The number of carbonyl (C=O) groups is 2. The molecule has 0 aliphatic rings. The Morgan fingerprint density at radius 3 is 2.34 bits per heavy atom. The van der Waals surface area contributed by atoms with Crippen molar-refractivity contribution in [1.82, 2.24) is 14.9 Å². The van der Waals surface area contributed by atoms with Crippen LogP contribution in [0.25, 0.3) is 22.8 Å². The molecule has 4 rings (SSSR count). The summed E-state index contributed by atoms with van der Waals surface area (Å²) in [6.07, 6.45) is 8.60. The van der Waals surface area contributed by atoms with Crippen molar-refractivity contribution < 1.29 is 27.3 Å². The van der Waals surface area contributed by atoms with Crippen LogP contribution in [0.4, 0.5) is 8.78 Å². The Kier molecular flexibility index (Phi) is 9.91. The number of allylic oxidation sites excluding steroid dienone is 1.